The van der Waals surface area contributed by atoms with Gasteiger partial charge in [0.1, 0.15) is 5.75 Å². The number of ether oxygens (including phenoxy) is 2. The lowest BCUT2D eigenvalue weighted by molar-refractivity contribution is -0.127. The SMILES string of the molecule is CC(C)Oc1ccc(C(=O)O[C@@H](C)C(=O)NC(=O)NC(C)(C)C)cc1. The number of hydrogen-bond donors (Lipinski definition) is 2. The van der Waals surface area contributed by atoms with Crippen LogP contribution in [-0.2, 0) is 9.53 Å². The molecule has 2 N–H and O–H groups in total. The monoisotopic (exact) mass is 350 g/mol. The average Bonchev–Trinajstić information content (AvgIpc) is 2.44. The van der Waals surface area contributed by atoms with Crippen LogP contribution < -0.4 is 15.4 Å². The van der Waals surface area contributed by atoms with Crippen molar-refractivity contribution in [2.45, 2.75) is 59.3 Å². The van der Waals surface area contributed by atoms with Crippen molar-refractivity contribution >= 4 is 17.9 Å². The number of imide groups is 1. The smallest absolute Gasteiger partial charge is 0.338 e. The van der Waals surface area contributed by atoms with Gasteiger partial charge in [0.25, 0.3) is 5.91 Å². The van der Waals surface area contributed by atoms with E-state index in [9.17, 15) is 14.4 Å². The van der Waals surface area contributed by atoms with Gasteiger partial charge in [-0.25, -0.2) is 9.59 Å². The van der Waals surface area contributed by atoms with E-state index in [0.717, 1.165) is 0 Å². The molecule has 1 rings (SSSR count). The predicted molar refractivity (Wildman–Crippen MR) is 93.5 cm³/mol. The Morgan fingerprint density at radius 2 is 1.56 bits per heavy atom. The Kier molecular flexibility index (Phi) is 6.97. The number of carbonyl (C=O) groups excluding carboxylic acids is 3. The van der Waals surface area contributed by atoms with E-state index >= 15 is 0 Å². The van der Waals surface area contributed by atoms with Gasteiger partial charge in [0, 0.05) is 5.54 Å². The second-order valence-corrected chi connectivity index (χ2v) is 6.93. The van der Waals surface area contributed by atoms with Gasteiger partial charge < -0.3 is 14.8 Å². The van der Waals surface area contributed by atoms with Crippen LogP contribution in [0.25, 0.3) is 0 Å². The molecule has 1 aromatic rings. The van der Waals surface area contributed by atoms with Gasteiger partial charge in [-0.1, -0.05) is 0 Å². The number of carbonyl (C=O) groups is 3. The molecule has 0 heterocycles. The third kappa shape index (κ3) is 7.69. The van der Waals surface area contributed by atoms with Crippen LogP contribution in [0.15, 0.2) is 24.3 Å². The van der Waals surface area contributed by atoms with Crippen LogP contribution in [-0.4, -0.2) is 35.7 Å². The van der Waals surface area contributed by atoms with Crippen LogP contribution in [0.2, 0.25) is 0 Å². The average molecular weight is 350 g/mol. The fraction of sp³-hybridized carbons (Fsp3) is 0.500. The summed E-state index contributed by atoms with van der Waals surface area (Å²) < 4.78 is 10.6. The zero-order chi connectivity index (χ0) is 19.2. The fourth-order valence-electron chi connectivity index (χ4n) is 1.81. The molecule has 7 heteroatoms. The van der Waals surface area contributed by atoms with E-state index in [1.165, 1.54) is 6.92 Å². The molecule has 0 radical (unpaired) electrons. The van der Waals surface area contributed by atoms with Crippen LogP contribution >= 0.6 is 0 Å². The maximum atomic E-state index is 12.1. The highest BCUT2D eigenvalue weighted by Crippen LogP contribution is 2.15. The van der Waals surface area contributed by atoms with Crippen LogP contribution in [0.3, 0.4) is 0 Å². The first kappa shape index (κ1) is 20.5. The molecule has 0 aromatic heterocycles. The summed E-state index contributed by atoms with van der Waals surface area (Å²) >= 11 is 0. The van der Waals surface area contributed by atoms with Crippen molar-refractivity contribution in [1.29, 1.82) is 0 Å². The highest BCUT2D eigenvalue weighted by atomic mass is 16.5. The minimum Gasteiger partial charge on any atom is -0.491 e. The summed E-state index contributed by atoms with van der Waals surface area (Å²) in [4.78, 5) is 35.6. The van der Waals surface area contributed by atoms with Crippen LogP contribution in [0.5, 0.6) is 5.75 Å². The molecular formula is C18H26N2O5. The van der Waals surface area contributed by atoms with Gasteiger partial charge in [-0.3, -0.25) is 10.1 Å². The van der Waals surface area contributed by atoms with Crippen LogP contribution in [0.1, 0.15) is 51.9 Å². The van der Waals surface area contributed by atoms with E-state index in [2.05, 4.69) is 10.6 Å². The summed E-state index contributed by atoms with van der Waals surface area (Å²) in [7, 11) is 0. The lowest BCUT2D eigenvalue weighted by atomic mass is 10.1. The lowest BCUT2D eigenvalue weighted by Gasteiger charge is -2.21. The molecule has 1 aromatic carbocycles. The quantitative estimate of drug-likeness (QED) is 0.796. The highest BCUT2D eigenvalue weighted by molar-refractivity contribution is 5.98. The van der Waals surface area contributed by atoms with Crippen molar-refractivity contribution in [1.82, 2.24) is 10.6 Å². The highest BCUT2D eigenvalue weighted by Gasteiger charge is 2.22. The normalized spacial score (nSPS) is 12.3. The minimum atomic E-state index is -1.11. The van der Waals surface area contributed by atoms with Crippen molar-refractivity contribution in [3.63, 3.8) is 0 Å². The van der Waals surface area contributed by atoms with Crippen molar-refractivity contribution < 1.29 is 23.9 Å². The Balaban J connectivity index is 2.58. The number of urea groups is 1. The molecule has 25 heavy (non-hydrogen) atoms. The number of esters is 1. The molecule has 0 fully saturated rings. The molecule has 0 aliphatic heterocycles. The van der Waals surface area contributed by atoms with E-state index in [1.54, 1.807) is 45.0 Å². The Hall–Kier alpha value is -2.57. The lowest BCUT2D eigenvalue weighted by Crippen LogP contribution is -2.50. The van der Waals surface area contributed by atoms with Gasteiger partial charge in [-0.15, -0.1) is 0 Å². The number of amides is 3. The van der Waals surface area contributed by atoms with E-state index < -0.39 is 29.6 Å². The molecule has 0 saturated carbocycles. The van der Waals surface area contributed by atoms with Gasteiger partial charge in [0.2, 0.25) is 0 Å². The van der Waals surface area contributed by atoms with Crippen molar-refractivity contribution in [3.05, 3.63) is 29.8 Å². The van der Waals surface area contributed by atoms with E-state index in [4.69, 9.17) is 9.47 Å². The van der Waals surface area contributed by atoms with E-state index in [-0.39, 0.29) is 11.7 Å². The van der Waals surface area contributed by atoms with Gasteiger partial charge in [-0.2, -0.15) is 0 Å². The summed E-state index contributed by atoms with van der Waals surface area (Å²) in [5.74, 6) is -0.721. The molecule has 0 unspecified atom stereocenters. The van der Waals surface area contributed by atoms with Crippen LogP contribution in [0.4, 0.5) is 4.79 Å². The predicted octanol–water partition coefficient (Wildman–Crippen LogP) is 2.64. The third-order valence-electron chi connectivity index (χ3n) is 2.84. The summed E-state index contributed by atoms with van der Waals surface area (Å²) in [5, 5.41) is 4.72. The molecule has 3 amide bonds. The molecule has 0 saturated heterocycles. The largest absolute Gasteiger partial charge is 0.491 e. The molecule has 0 aliphatic rings. The first-order valence-electron chi connectivity index (χ1n) is 8.08. The number of benzene rings is 1. The number of rotatable bonds is 5. The van der Waals surface area contributed by atoms with Gasteiger partial charge in [0.05, 0.1) is 11.7 Å². The Morgan fingerprint density at radius 3 is 2.04 bits per heavy atom. The van der Waals surface area contributed by atoms with E-state index in [0.29, 0.717) is 5.75 Å². The molecule has 0 bridgehead atoms. The summed E-state index contributed by atoms with van der Waals surface area (Å²) in [6.07, 6.45) is -1.08. The van der Waals surface area contributed by atoms with Crippen molar-refractivity contribution in [2.75, 3.05) is 0 Å². The molecule has 1 atom stereocenters. The molecule has 0 spiro atoms. The maximum Gasteiger partial charge on any atom is 0.338 e. The summed E-state index contributed by atoms with van der Waals surface area (Å²) in [5.41, 5.74) is -0.195. The zero-order valence-electron chi connectivity index (χ0n) is 15.5. The van der Waals surface area contributed by atoms with E-state index in [1.807, 2.05) is 13.8 Å². The summed E-state index contributed by atoms with van der Waals surface area (Å²) in [6, 6.07) is 5.76. The first-order chi connectivity index (χ1) is 11.5. The second kappa shape index (κ2) is 8.50. The van der Waals surface area contributed by atoms with Crippen molar-refractivity contribution in [2.24, 2.45) is 0 Å². The van der Waals surface area contributed by atoms with Gasteiger partial charge in [-0.05, 0) is 65.8 Å². The summed E-state index contributed by atoms with van der Waals surface area (Å²) in [6.45, 7) is 10.6. The minimum absolute atomic E-state index is 0.0285. The van der Waals surface area contributed by atoms with Crippen molar-refractivity contribution in [3.8, 4) is 5.75 Å². The number of nitrogens with one attached hydrogen (secondary N) is 2. The van der Waals surface area contributed by atoms with Gasteiger partial charge >= 0.3 is 12.0 Å². The molecular weight excluding hydrogens is 324 g/mol. The zero-order valence-corrected chi connectivity index (χ0v) is 15.5. The topological polar surface area (TPSA) is 93.7 Å². The third-order valence-corrected chi connectivity index (χ3v) is 2.84. The maximum absolute atomic E-state index is 12.1. The molecule has 7 nitrogen and oxygen atoms in total. The van der Waals surface area contributed by atoms with Gasteiger partial charge in [0.15, 0.2) is 6.10 Å². The Labute approximate surface area is 148 Å². The fourth-order valence-corrected chi connectivity index (χ4v) is 1.81. The Morgan fingerprint density at radius 1 is 1.00 bits per heavy atom. The Bertz CT molecular complexity index is 617. The first-order valence-corrected chi connectivity index (χ1v) is 8.08. The molecule has 0 aliphatic carbocycles. The second-order valence-electron chi connectivity index (χ2n) is 6.93. The molecule has 138 valence electrons. The number of hydrogen-bond acceptors (Lipinski definition) is 5. The van der Waals surface area contributed by atoms with Crippen LogP contribution in [0, 0.1) is 0 Å². The standard InChI is InChI=1S/C18H26N2O5/c1-11(2)24-14-9-7-13(8-10-14)16(22)25-12(3)15(21)19-17(23)20-18(4,5)6/h7-12H,1-6H3,(H2,19,20,21,23)/t12-/m0/s1.